The highest BCUT2D eigenvalue weighted by Gasteiger charge is 2.28. The molecule has 2 aromatic carbocycles. The fourth-order valence-electron chi connectivity index (χ4n) is 3.20. The predicted molar refractivity (Wildman–Crippen MR) is 117 cm³/mol. The molecule has 1 unspecified atom stereocenters. The maximum absolute atomic E-state index is 12.9. The SMILES string of the molecule is CCCCOC(=O)c1cccc(NS(=O)(=O)c2ccc3c(c2)N(C(C)=O)CC(C)O3)c1. The monoisotopic (exact) mass is 446 g/mol. The molecule has 0 bridgehead atoms. The van der Waals surface area contributed by atoms with E-state index in [1.807, 2.05) is 13.8 Å². The number of esters is 1. The first kappa shape index (κ1) is 22.6. The van der Waals surface area contributed by atoms with Gasteiger partial charge in [-0.05, 0) is 49.7 Å². The van der Waals surface area contributed by atoms with Crippen LogP contribution in [0.5, 0.6) is 5.75 Å². The second kappa shape index (κ2) is 9.38. The normalized spacial score (nSPS) is 15.6. The molecule has 2 aromatic rings. The van der Waals surface area contributed by atoms with E-state index in [9.17, 15) is 18.0 Å². The van der Waals surface area contributed by atoms with Gasteiger partial charge in [0.2, 0.25) is 5.91 Å². The van der Waals surface area contributed by atoms with Crippen molar-refractivity contribution in [2.24, 2.45) is 0 Å². The lowest BCUT2D eigenvalue weighted by atomic mass is 10.2. The summed E-state index contributed by atoms with van der Waals surface area (Å²) in [6, 6.07) is 10.5. The molecule has 31 heavy (non-hydrogen) atoms. The number of rotatable bonds is 7. The van der Waals surface area contributed by atoms with Crippen LogP contribution in [0.4, 0.5) is 11.4 Å². The van der Waals surface area contributed by atoms with Crippen LogP contribution in [0, 0.1) is 0 Å². The topological polar surface area (TPSA) is 102 Å². The number of hydrogen-bond acceptors (Lipinski definition) is 6. The molecule has 1 aliphatic heterocycles. The number of anilines is 2. The summed E-state index contributed by atoms with van der Waals surface area (Å²) in [5.41, 5.74) is 0.893. The summed E-state index contributed by atoms with van der Waals surface area (Å²) in [6.45, 7) is 5.90. The maximum atomic E-state index is 12.9. The standard InChI is InChI=1S/C22H26N2O6S/c1-4-5-11-29-22(26)17-7-6-8-18(12-17)23-31(27,28)19-9-10-21-20(13-19)24(16(3)25)14-15(2)30-21/h6-10,12-13,15,23H,4-5,11,14H2,1-3H3. The Balaban J connectivity index is 1.83. The van der Waals surface area contributed by atoms with Gasteiger partial charge < -0.3 is 14.4 Å². The Morgan fingerprint density at radius 1 is 1.23 bits per heavy atom. The molecule has 0 fully saturated rings. The number of ether oxygens (including phenoxy) is 2. The first-order valence-electron chi connectivity index (χ1n) is 10.1. The Labute approximate surface area is 182 Å². The van der Waals surface area contributed by atoms with Gasteiger partial charge in [-0.25, -0.2) is 13.2 Å². The third-order valence-electron chi connectivity index (χ3n) is 4.76. The van der Waals surface area contributed by atoms with Crippen LogP contribution in [-0.2, 0) is 19.6 Å². The Morgan fingerprint density at radius 2 is 2.00 bits per heavy atom. The van der Waals surface area contributed by atoms with Gasteiger partial charge in [-0.15, -0.1) is 0 Å². The lowest BCUT2D eigenvalue weighted by Gasteiger charge is -2.33. The number of carbonyl (C=O) groups excluding carboxylic acids is 2. The smallest absolute Gasteiger partial charge is 0.338 e. The summed E-state index contributed by atoms with van der Waals surface area (Å²) in [6.07, 6.45) is 1.46. The number of carbonyl (C=O) groups is 2. The number of nitrogens with zero attached hydrogens (tertiary/aromatic N) is 1. The van der Waals surface area contributed by atoms with Gasteiger partial charge >= 0.3 is 5.97 Å². The lowest BCUT2D eigenvalue weighted by Crippen LogP contribution is -2.41. The van der Waals surface area contributed by atoms with Gasteiger partial charge in [0.1, 0.15) is 11.9 Å². The average molecular weight is 447 g/mol. The largest absolute Gasteiger partial charge is 0.487 e. The van der Waals surface area contributed by atoms with E-state index < -0.39 is 16.0 Å². The molecule has 0 aliphatic carbocycles. The fourth-order valence-corrected chi connectivity index (χ4v) is 4.27. The number of benzene rings is 2. The molecule has 0 radical (unpaired) electrons. The van der Waals surface area contributed by atoms with Gasteiger partial charge in [-0.1, -0.05) is 19.4 Å². The van der Waals surface area contributed by atoms with Gasteiger partial charge in [0.15, 0.2) is 0 Å². The van der Waals surface area contributed by atoms with Crippen LogP contribution in [0.25, 0.3) is 0 Å². The Morgan fingerprint density at radius 3 is 2.71 bits per heavy atom. The van der Waals surface area contributed by atoms with Crippen LogP contribution in [0.15, 0.2) is 47.4 Å². The van der Waals surface area contributed by atoms with Crippen molar-refractivity contribution in [1.82, 2.24) is 0 Å². The molecule has 0 aromatic heterocycles. The van der Waals surface area contributed by atoms with Crippen molar-refractivity contribution in [1.29, 1.82) is 0 Å². The van der Waals surface area contributed by atoms with Gasteiger partial charge in [-0.2, -0.15) is 0 Å². The Kier molecular flexibility index (Phi) is 6.84. The molecule has 1 atom stereocenters. The van der Waals surface area contributed by atoms with E-state index in [0.29, 0.717) is 24.6 Å². The van der Waals surface area contributed by atoms with Gasteiger partial charge in [0.05, 0.1) is 29.3 Å². The highest BCUT2D eigenvalue weighted by atomic mass is 32.2. The second-order valence-corrected chi connectivity index (χ2v) is 9.05. The highest BCUT2D eigenvalue weighted by molar-refractivity contribution is 7.92. The van der Waals surface area contributed by atoms with E-state index in [1.54, 1.807) is 18.2 Å². The van der Waals surface area contributed by atoms with E-state index in [4.69, 9.17) is 9.47 Å². The van der Waals surface area contributed by atoms with Crippen LogP contribution >= 0.6 is 0 Å². The van der Waals surface area contributed by atoms with E-state index in [-0.39, 0.29) is 28.2 Å². The minimum Gasteiger partial charge on any atom is -0.487 e. The third-order valence-corrected chi connectivity index (χ3v) is 6.14. The van der Waals surface area contributed by atoms with Gasteiger partial charge in [0.25, 0.3) is 10.0 Å². The summed E-state index contributed by atoms with van der Waals surface area (Å²) in [4.78, 5) is 25.6. The first-order valence-corrected chi connectivity index (χ1v) is 11.6. The molecule has 1 aliphatic rings. The number of amides is 1. The number of sulfonamides is 1. The Bertz CT molecular complexity index is 1080. The summed E-state index contributed by atoms with van der Waals surface area (Å²) < 4.78 is 39.3. The zero-order chi connectivity index (χ0) is 22.6. The van der Waals surface area contributed by atoms with Crippen molar-refractivity contribution in [2.45, 2.75) is 44.6 Å². The molecule has 1 heterocycles. The molecule has 0 saturated carbocycles. The van der Waals surface area contributed by atoms with Crippen molar-refractivity contribution in [2.75, 3.05) is 22.8 Å². The molecule has 166 valence electrons. The third kappa shape index (κ3) is 5.35. The summed E-state index contributed by atoms with van der Waals surface area (Å²) >= 11 is 0. The van der Waals surface area contributed by atoms with Gasteiger partial charge in [-0.3, -0.25) is 9.52 Å². The minimum atomic E-state index is -3.97. The predicted octanol–water partition coefficient (Wildman–Crippen LogP) is 3.58. The molecule has 1 N–H and O–H groups in total. The Hall–Kier alpha value is -3.07. The summed E-state index contributed by atoms with van der Waals surface area (Å²) in [5, 5.41) is 0. The minimum absolute atomic E-state index is 0.0217. The van der Waals surface area contributed by atoms with Crippen molar-refractivity contribution < 1.29 is 27.5 Å². The molecule has 8 nitrogen and oxygen atoms in total. The van der Waals surface area contributed by atoms with Crippen LogP contribution in [0.2, 0.25) is 0 Å². The van der Waals surface area contributed by atoms with Crippen molar-refractivity contribution in [3.8, 4) is 5.75 Å². The fraction of sp³-hybridized carbons (Fsp3) is 0.364. The molecule has 1 amide bonds. The highest BCUT2D eigenvalue weighted by Crippen LogP contribution is 2.36. The number of nitrogens with one attached hydrogen (secondary N) is 1. The molecule has 3 rings (SSSR count). The van der Waals surface area contributed by atoms with E-state index in [2.05, 4.69) is 4.72 Å². The zero-order valence-electron chi connectivity index (χ0n) is 17.8. The number of unbranched alkanes of at least 4 members (excludes halogenated alkanes) is 1. The zero-order valence-corrected chi connectivity index (χ0v) is 18.6. The quantitative estimate of drug-likeness (QED) is 0.515. The molecular formula is C22H26N2O6S. The van der Waals surface area contributed by atoms with Crippen LogP contribution in [0.3, 0.4) is 0 Å². The number of hydrogen-bond donors (Lipinski definition) is 1. The number of fused-ring (bicyclic) bond motifs is 1. The maximum Gasteiger partial charge on any atom is 0.338 e. The first-order chi connectivity index (χ1) is 14.7. The van der Waals surface area contributed by atoms with Crippen LogP contribution < -0.4 is 14.4 Å². The molecule has 9 heteroatoms. The van der Waals surface area contributed by atoms with Crippen LogP contribution in [-0.4, -0.2) is 39.5 Å². The molecular weight excluding hydrogens is 420 g/mol. The second-order valence-electron chi connectivity index (χ2n) is 7.36. The van der Waals surface area contributed by atoms with E-state index in [1.165, 1.54) is 36.1 Å². The van der Waals surface area contributed by atoms with Gasteiger partial charge in [0, 0.05) is 12.6 Å². The summed E-state index contributed by atoms with van der Waals surface area (Å²) in [5.74, 6) is -0.260. The van der Waals surface area contributed by atoms with E-state index >= 15 is 0 Å². The lowest BCUT2D eigenvalue weighted by molar-refractivity contribution is -0.117. The van der Waals surface area contributed by atoms with E-state index in [0.717, 1.165) is 12.8 Å². The van der Waals surface area contributed by atoms with Crippen molar-refractivity contribution in [3.63, 3.8) is 0 Å². The molecule has 0 saturated heterocycles. The molecule has 0 spiro atoms. The van der Waals surface area contributed by atoms with Crippen LogP contribution in [0.1, 0.15) is 44.0 Å². The summed E-state index contributed by atoms with van der Waals surface area (Å²) in [7, 11) is -3.97. The van der Waals surface area contributed by atoms with Crippen molar-refractivity contribution in [3.05, 3.63) is 48.0 Å². The average Bonchev–Trinajstić information content (AvgIpc) is 2.72. The van der Waals surface area contributed by atoms with Crippen molar-refractivity contribution >= 4 is 33.3 Å².